The van der Waals surface area contributed by atoms with Gasteiger partial charge in [0.2, 0.25) is 0 Å². The monoisotopic (exact) mass is 231 g/mol. The minimum absolute atomic E-state index is 0.362. The summed E-state index contributed by atoms with van der Waals surface area (Å²) in [6.45, 7) is 0. The van der Waals surface area contributed by atoms with Gasteiger partial charge in [0.1, 0.15) is 0 Å². The van der Waals surface area contributed by atoms with Gasteiger partial charge in [0.15, 0.2) is 9.84 Å². The normalized spacial score (nSPS) is 32.5. The van der Waals surface area contributed by atoms with E-state index in [0.717, 1.165) is 12.3 Å². The maximum Gasteiger partial charge on any atom is 0.150 e. The molecule has 0 amide bonds. The average Bonchev–Trinajstić information content (AvgIpc) is 2.44. The Morgan fingerprint density at radius 2 is 2.07 bits per heavy atom. The van der Waals surface area contributed by atoms with Crippen LogP contribution in [0.1, 0.15) is 32.1 Å². The van der Waals surface area contributed by atoms with Gasteiger partial charge in [0, 0.05) is 6.04 Å². The second kappa shape index (κ2) is 4.42. The lowest BCUT2D eigenvalue weighted by molar-refractivity contribution is 0.235. The van der Waals surface area contributed by atoms with E-state index in [9.17, 15) is 8.42 Å². The topological polar surface area (TPSA) is 46.2 Å². The maximum absolute atomic E-state index is 11.4. The summed E-state index contributed by atoms with van der Waals surface area (Å²) in [6, 6.07) is 0.424. The second-order valence-corrected chi connectivity index (χ2v) is 7.32. The molecule has 88 valence electrons. The van der Waals surface area contributed by atoms with Crippen molar-refractivity contribution in [2.75, 3.05) is 18.6 Å². The lowest BCUT2D eigenvalue weighted by atomic mass is 9.78. The molecule has 0 bridgehead atoms. The number of hydrogen-bond acceptors (Lipinski definition) is 3. The zero-order chi connectivity index (χ0) is 10.9. The van der Waals surface area contributed by atoms with Crippen LogP contribution >= 0.6 is 0 Å². The minimum Gasteiger partial charge on any atom is -0.317 e. The second-order valence-electron chi connectivity index (χ2n) is 5.09. The summed E-state index contributed by atoms with van der Waals surface area (Å²) in [5.41, 5.74) is 0. The van der Waals surface area contributed by atoms with Crippen molar-refractivity contribution in [2.45, 2.75) is 38.1 Å². The van der Waals surface area contributed by atoms with Crippen molar-refractivity contribution >= 4 is 9.84 Å². The molecule has 0 radical (unpaired) electrons. The molecular weight excluding hydrogens is 210 g/mol. The Hall–Kier alpha value is -0.0900. The van der Waals surface area contributed by atoms with Crippen molar-refractivity contribution in [1.82, 2.24) is 5.32 Å². The van der Waals surface area contributed by atoms with Crippen LogP contribution in [0.5, 0.6) is 0 Å². The molecule has 0 aromatic heterocycles. The van der Waals surface area contributed by atoms with Crippen molar-refractivity contribution in [3.63, 3.8) is 0 Å². The van der Waals surface area contributed by atoms with Gasteiger partial charge in [-0.1, -0.05) is 19.3 Å². The quantitative estimate of drug-likeness (QED) is 0.791. The Bertz CT molecular complexity index is 309. The molecule has 2 fully saturated rings. The van der Waals surface area contributed by atoms with Crippen LogP contribution in [-0.2, 0) is 9.84 Å². The largest absolute Gasteiger partial charge is 0.317 e. The Balaban J connectivity index is 1.89. The summed E-state index contributed by atoms with van der Waals surface area (Å²) in [5.74, 6) is 2.03. The third-order valence-corrected chi connectivity index (χ3v) is 5.81. The summed E-state index contributed by atoms with van der Waals surface area (Å²) in [5, 5.41) is 3.32. The van der Waals surface area contributed by atoms with E-state index >= 15 is 0 Å². The molecule has 2 atom stereocenters. The molecule has 1 heterocycles. The summed E-state index contributed by atoms with van der Waals surface area (Å²) in [4.78, 5) is 0. The molecule has 1 aliphatic carbocycles. The zero-order valence-electron chi connectivity index (χ0n) is 9.41. The van der Waals surface area contributed by atoms with Crippen LogP contribution in [0.3, 0.4) is 0 Å². The summed E-state index contributed by atoms with van der Waals surface area (Å²) in [6.07, 6.45) is 6.09. The fourth-order valence-corrected chi connectivity index (χ4v) is 4.65. The molecule has 0 aromatic carbocycles. The molecule has 3 nitrogen and oxygen atoms in total. The lowest BCUT2D eigenvalue weighted by Gasteiger charge is -2.32. The predicted molar refractivity (Wildman–Crippen MR) is 61.6 cm³/mol. The maximum atomic E-state index is 11.4. The third-order valence-electron chi connectivity index (χ3n) is 4.02. The molecule has 1 aliphatic heterocycles. The summed E-state index contributed by atoms with van der Waals surface area (Å²) >= 11 is 0. The van der Waals surface area contributed by atoms with E-state index in [-0.39, 0.29) is 0 Å². The van der Waals surface area contributed by atoms with Crippen LogP contribution < -0.4 is 5.32 Å². The first-order chi connectivity index (χ1) is 7.11. The van der Waals surface area contributed by atoms with Crippen molar-refractivity contribution in [2.24, 2.45) is 11.8 Å². The Morgan fingerprint density at radius 1 is 1.33 bits per heavy atom. The Morgan fingerprint density at radius 3 is 2.47 bits per heavy atom. The molecule has 2 aliphatic rings. The summed E-state index contributed by atoms with van der Waals surface area (Å²) < 4.78 is 22.8. The summed E-state index contributed by atoms with van der Waals surface area (Å²) in [7, 11) is -0.749. The number of sulfone groups is 1. The van der Waals surface area contributed by atoms with Crippen LogP contribution in [0, 0.1) is 11.8 Å². The fourth-order valence-electron chi connectivity index (χ4n) is 2.77. The molecule has 4 heteroatoms. The lowest BCUT2D eigenvalue weighted by Crippen LogP contribution is -2.37. The van der Waals surface area contributed by atoms with Crippen LogP contribution in [0.4, 0.5) is 0 Å². The van der Waals surface area contributed by atoms with Crippen LogP contribution in [-0.4, -0.2) is 33.0 Å². The Labute approximate surface area is 92.6 Å². The molecule has 2 unspecified atom stereocenters. The van der Waals surface area contributed by atoms with E-state index in [4.69, 9.17) is 0 Å². The van der Waals surface area contributed by atoms with E-state index in [1.54, 1.807) is 0 Å². The van der Waals surface area contributed by atoms with Gasteiger partial charge in [-0.05, 0) is 31.7 Å². The molecule has 1 saturated heterocycles. The average molecular weight is 231 g/mol. The van der Waals surface area contributed by atoms with Crippen molar-refractivity contribution in [1.29, 1.82) is 0 Å². The van der Waals surface area contributed by atoms with Gasteiger partial charge in [-0.15, -0.1) is 0 Å². The van der Waals surface area contributed by atoms with Crippen molar-refractivity contribution < 1.29 is 8.42 Å². The first-order valence-corrected chi connectivity index (χ1v) is 7.80. The van der Waals surface area contributed by atoms with Crippen molar-refractivity contribution in [3.05, 3.63) is 0 Å². The smallest absolute Gasteiger partial charge is 0.150 e. The van der Waals surface area contributed by atoms with Crippen LogP contribution in [0.15, 0.2) is 0 Å². The SMILES string of the molecule is CNC(CC1CCC1)C1CCS(=O)(=O)C1. The van der Waals surface area contributed by atoms with E-state index in [1.807, 2.05) is 7.05 Å². The van der Waals surface area contributed by atoms with Gasteiger partial charge in [-0.3, -0.25) is 0 Å². The highest BCUT2D eigenvalue weighted by Crippen LogP contribution is 2.34. The first-order valence-electron chi connectivity index (χ1n) is 5.98. The van der Waals surface area contributed by atoms with E-state index in [2.05, 4.69) is 5.32 Å². The molecule has 0 aromatic rings. The van der Waals surface area contributed by atoms with Crippen LogP contribution in [0.2, 0.25) is 0 Å². The van der Waals surface area contributed by atoms with E-state index in [0.29, 0.717) is 23.5 Å². The Kier molecular flexibility index (Phi) is 3.36. The molecule has 15 heavy (non-hydrogen) atoms. The molecule has 1 saturated carbocycles. The molecule has 0 spiro atoms. The van der Waals surface area contributed by atoms with Crippen molar-refractivity contribution in [3.8, 4) is 0 Å². The number of rotatable bonds is 4. The van der Waals surface area contributed by atoms with Gasteiger partial charge in [-0.2, -0.15) is 0 Å². The molecule has 1 N–H and O–H groups in total. The molecule has 2 rings (SSSR count). The predicted octanol–water partition coefficient (Wildman–Crippen LogP) is 1.20. The van der Waals surface area contributed by atoms with Crippen LogP contribution in [0.25, 0.3) is 0 Å². The molecular formula is C11H21NO2S. The van der Waals surface area contributed by atoms with Gasteiger partial charge in [-0.25, -0.2) is 8.42 Å². The third kappa shape index (κ3) is 2.72. The van der Waals surface area contributed by atoms with Gasteiger partial charge >= 0.3 is 0 Å². The van der Waals surface area contributed by atoms with E-state index < -0.39 is 9.84 Å². The van der Waals surface area contributed by atoms with Gasteiger partial charge in [0.25, 0.3) is 0 Å². The van der Waals surface area contributed by atoms with Gasteiger partial charge < -0.3 is 5.32 Å². The van der Waals surface area contributed by atoms with Gasteiger partial charge in [0.05, 0.1) is 11.5 Å². The highest BCUT2D eigenvalue weighted by Gasteiger charge is 2.34. The highest BCUT2D eigenvalue weighted by atomic mass is 32.2. The minimum atomic E-state index is -2.72. The highest BCUT2D eigenvalue weighted by molar-refractivity contribution is 7.91. The first kappa shape index (κ1) is 11.4. The van der Waals surface area contributed by atoms with E-state index in [1.165, 1.54) is 25.7 Å². The fraction of sp³-hybridized carbons (Fsp3) is 1.00. The number of hydrogen-bond donors (Lipinski definition) is 1. The zero-order valence-corrected chi connectivity index (χ0v) is 10.2. The standard InChI is InChI=1S/C11H21NO2S/c1-12-11(7-9-3-2-4-9)10-5-6-15(13,14)8-10/h9-12H,2-8H2,1H3. The number of nitrogens with one attached hydrogen (secondary N) is 1.